The Kier molecular flexibility index (Phi) is 3.93. The lowest BCUT2D eigenvalue weighted by Gasteiger charge is -2.06. The van der Waals surface area contributed by atoms with Gasteiger partial charge in [0.15, 0.2) is 0 Å². The third-order valence-electron chi connectivity index (χ3n) is 2.42. The molecule has 0 saturated carbocycles. The number of halogens is 2. The van der Waals surface area contributed by atoms with E-state index < -0.39 is 11.7 Å². The van der Waals surface area contributed by atoms with Gasteiger partial charge in [-0.25, -0.2) is 4.39 Å². The molecule has 0 aliphatic carbocycles. The number of benzene rings is 2. The summed E-state index contributed by atoms with van der Waals surface area (Å²) in [6.07, 6.45) is 0. The molecule has 19 heavy (non-hydrogen) atoms. The first-order valence-electron chi connectivity index (χ1n) is 5.37. The second kappa shape index (κ2) is 5.63. The number of amides is 1. The van der Waals surface area contributed by atoms with Crippen LogP contribution >= 0.6 is 15.9 Å². The fourth-order valence-electron chi connectivity index (χ4n) is 1.54. The maximum Gasteiger partial charge on any atom is 0.258 e. The lowest BCUT2D eigenvalue weighted by Crippen LogP contribution is -2.13. The number of nitrogens with one attached hydrogen (secondary N) is 1. The SMILES string of the molecule is N#Cc1cccc(NC(=O)c2cc(Br)ccc2F)c1. The molecule has 2 aromatic rings. The summed E-state index contributed by atoms with van der Waals surface area (Å²) in [6.45, 7) is 0. The molecule has 1 amide bonds. The topological polar surface area (TPSA) is 52.9 Å². The molecular weight excluding hydrogens is 311 g/mol. The molecule has 1 N–H and O–H groups in total. The molecule has 0 bridgehead atoms. The molecule has 0 saturated heterocycles. The van der Waals surface area contributed by atoms with Crippen molar-refractivity contribution in [3.63, 3.8) is 0 Å². The zero-order valence-corrected chi connectivity index (χ0v) is 11.2. The van der Waals surface area contributed by atoms with Gasteiger partial charge in [-0.1, -0.05) is 22.0 Å². The summed E-state index contributed by atoms with van der Waals surface area (Å²) in [5, 5.41) is 11.3. The van der Waals surface area contributed by atoms with Crippen LogP contribution in [0.2, 0.25) is 0 Å². The van der Waals surface area contributed by atoms with Crippen molar-refractivity contribution in [2.75, 3.05) is 5.32 Å². The summed E-state index contributed by atoms with van der Waals surface area (Å²) in [4.78, 5) is 11.9. The highest BCUT2D eigenvalue weighted by atomic mass is 79.9. The van der Waals surface area contributed by atoms with Gasteiger partial charge in [-0.3, -0.25) is 4.79 Å². The molecule has 0 unspecified atom stereocenters. The minimum Gasteiger partial charge on any atom is -0.322 e. The van der Waals surface area contributed by atoms with Gasteiger partial charge in [-0.15, -0.1) is 0 Å². The lowest BCUT2D eigenvalue weighted by atomic mass is 10.1. The summed E-state index contributed by atoms with van der Waals surface area (Å²) in [6, 6.07) is 12.5. The minimum atomic E-state index is -0.600. The predicted molar refractivity (Wildman–Crippen MR) is 73.2 cm³/mol. The number of rotatable bonds is 2. The second-order valence-electron chi connectivity index (χ2n) is 3.77. The summed E-state index contributed by atoms with van der Waals surface area (Å²) in [5.74, 6) is -1.16. The molecule has 94 valence electrons. The lowest BCUT2D eigenvalue weighted by molar-refractivity contribution is 0.102. The van der Waals surface area contributed by atoms with E-state index in [-0.39, 0.29) is 5.56 Å². The first kappa shape index (κ1) is 13.2. The van der Waals surface area contributed by atoms with Crippen LogP contribution in [0.15, 0.2) is 46.9 Å². The molecule has 0 fully saturated rings. The van der Waals surface area contributed by atoms with Crippen molar-refractivity contribution in [2.45, 2.75) is 0 Å². The van der Waals surface area contributed by atoms with Gasteiger partial charge in [0.25, 0.3) is 5.91 Å². The monoisotopic (exact) mass is 318 g/mol. The summed E-state index contributed by atoms with van der Waals surface area (Å²) in [5.41, 5.74) is 0.813. The Morgan fingerprint density at radius 3 is 2.79 bits per heavy atom. The van der Waals surface area contributed by atoms with Crippen LogP contribution in [0.4, 0.5) is 10.1 Å². The van der Waals surface area contributed by atoms with E-state index in [0.717, 1.165) is 0 Å². The number of carbonyl (C=O) groups excluding carboxylic acids is 1. The van der Waals surface area contributed by atoms with Gasteiger partial charge in [-0.05, 0) is 36.4 Å². The molecule has 2 aromatic carbocycles. The van der Waals surface area contributed by atoms with E-state index >= 15 is 0 Å². The average molecular weight is 319 g/mol. The van der Waals surface area contributed by atoms with Crippen LogP contribution < -0.4 is 5.32 Å². The van der Waals surface area contributed by atoms with Crippen molar-refractivity contribution in [2.24, 2.45) is 0 Å². The van der Waals surface area contributed by atoms with Gasteiger partial charge in [0, 0.05) is 10.2 Å². The maximum absolute atomic E-state index is 13.5. The Labute approximate surface area is 117 Å². The second-order valence-corrected chi connectivity index (χ2v) is 4.69. The molecule has 0 atom stereocenters. The first-order valence-corrected chi connectivity index (χ1v) is 6.16. The molecule has 0 aliphatic rings. The number of nitriles is 1. The van der Waals surface area contributed by atoms with Gasteiger partial charge in [0.05, 0.1) is 17.2 Å². The number of hydrogen-bond donors (Lipinski definition) is 1. The van der Waals surface area contributed by atoms with Crippen molar-refractivity contribution in [3.8, 4) is 6.07 Å². The fraction of sp³-hybridized carbons (Fsp3) is 0. The third kappa shape index (κ3) is 3.18. The van der Waals surface area contributed by atoms with Gasteiger partial charge >= 0.3 is 0 Å². The molecule has 0 radical (unpaired) electrons. The largest absolute Gasteiger partial charge is 0.322 e. The molecule has 0 aromatic heterocycles. The highest BCUT2D eigenvalue weighted by Crippen LogP contribution is 2.17. The minimum absolute atomic E-state index is 0.0586. The van der Waals surface area contributed by atoms with Crippen molar-refractivity contribution in [1.29, 1.82) is 5.26 Å². The molecule has 2 rings (SSSR count). The van der Waals surface area contributed by atoms with Crippen LogP contribution in [0.25, 0.3) is 0 Å². The van der Waals surface area contributed by atoms with E-state index in [1.54, 1.807) is 18.2 Å². The number of hydrogen-bond acceptors (Lipinski definition) is 2. The van der Waals surface area contributed by atoms with Crippen LogP contribution in [0, 0.1) is 17.1 Å². The number of anilines is 1. The Morgan fingerprint density at radius 2 is 2.05 bits per heavy atom. The first-order chi connectivity index (χ1) is 9.10. The van der Waals surface area contributed by atoms with E-state index in [1.165, 1.54) is 24.3 Å². The van der Waals surface area contributed by atoms with Crippen molar-refractivity contribution in [1.82, 2.24) is 0 Å². The molecule has 5 heteroatoms. The standard InChI is InChI=1S/C14H8BrFN2O/c15-10-4-5-13(16)12(7-10)14(19)18-11-3-1-2-9(6-11)8-17/h1-7H,(H,18,19). The van der Waals surface area contributed by atoms with Crippen LogP contribution in [-0.4, -0.2) is 5.91 Å². The van der Waals surface area contributed by atoms with E-state index in [2.05, 4.69) is 21.2 Å². The van der Waals surface area contributed by atoms with E-state index in [9.17, 15) is 9.18 Å². The van der Waals surface area contributed by atoms with Crippen molar-refractivity contribution < 1.29 is 9.18 Å². The number of carbonyl (C=O) groups is 1. The fourth-order valence-corrected chi connectivity index (χ4v) is 1.90. The number of nitrogens with zero attached hydrogens (tertiary/aromatic N) is 1. The van der Waals surface area contributed by atoms with Crippen molar-refractivity contribution in [3.05, 3.63) is 63.9 Å². The molecule has 3 nitrogen and oxygen atoms in total. The normalized spacial score (nSPS) is 9.74. The summed E-state index contributed by atoms with van der Waals surface area (Å²) in [7, 11) is 0. The zero-order chi connectivity index (χ0) is 13.8. The Balaban J connectivity index is 2.26. The van der Waals surface area contributed by atoms with Gasteiger partial charge in [0.1, 0.15) is 5.82 Å². The van der Waals surface area contributed by atoms with Crippen LogP contribution in [-0.2, 0) is 0 Å². The van der Waals surface area contributed by atoms with E-state index in [1.807, 2.05) is 6.07 Å². The molecular formula is C14H8BrFN2O. The van der Waals surface area contributed by atoms with Crippen LogP contribution in [0.3, 0.4) is 0 Å². The quantitative estimate of drug-likeness (QED) is 0.917. The van der Waals surface area contributed by atoms with Crippen LogP contribution in [0.5, 0.6) is 0 Å². The van der Waals surface area contributed by atoms with E-state index in [0.29, 0.717) is 15.7 Å². The smallest absolute Gasteiger partial charge is 0.258 e. The summed E-state index contributed by atoms with van der Waals surface area (Å²) < 4.78 is 14.1. The van der Waals surface area contributed by atoms with Crippen molar-refractivity contribution >= 4 is 27.5 Å². The third-order valence-corrected chi connectivity index (χ3v) is 2.92. The van der Waals surface area contributed by atoms with Crippen LogP contribution in [0.1, 0.15) is 15.9 Å². The highest BCUT2D eigenvalue weighted by Gasteiger charge is 2.12. The maximum atomic E-state index is 13.5. The van der Waals surface area contributed by atoms with Gasteiger partial charge in [-0.2, -0.15) is 5.26 Å². The summed E-state index contributed by atoms with van der Waals surface area (Å²) >= 11 is 3.18. The van der Waals surface area contributed by atoms with Gasteiger partial charge < -0.3 is 5.32 Å². The Hall–Kier alpha value is -2.19. The Morgan fingerprint density at radius 1 is 1.26 bits per heavy atom. The highest BCUT2D eigenvalue weighted by molar-refractivity contribution is 9.10. The predicted octanol–water partition coefficient (Wildman–Crippen LogP) is 3.71. The molecule has 0 spiro atoms. The van der Waals surface area contributed by atoms with E-state index in [4.69, 9.17) is 5.26 Å². The molecule has 0 heterocycles. The molecule has 0 aliphatic heterocycles. The average Bonchev–Trinajstić information content (AvgIpc) is 2.41. The zero-order valence-electron chi connectivity index (χ0n) is 9.65. The Bertz CT molecular complexity index is 679. The van der Waals surface area contributed by atoms with Gasteiger partial charge in [0.2, 0.25) is 0 Å².